The Kier molecular flexibility index (Phi) is 5.68. The highest BCUT2D eigenvalue weighted by Gasteiger charge is 2.29. The maximum absolute atomic E-state index is 12.5. The lowest BCUT2D eigenvalue weighted by Gasteiger charge is -2.10. The molecule has 0 saturated carbocycles. The van der Waals surface area contributed by atoms with Crippen molar-refractivity contribution in [1.82, 2.24) is 0 Å². The monoisotopic (exact) mass is 338 g/mol. The number of halogens is 3. The molecular weight excluding hydrogens is 321 g/mol. The van der Waals surface area contributed by atoms with E-state index in [9.17, 15) is 18.0 Å². The summed E-state index contributed by atoms with van der Waals surface area (Å²) in [6, 6.07) is 11.6. The molecule has 0 heterocycles. The molecule has 0 aliphatic carbocycles. The van der Waals surface area contributed by atoms with Gasteiger partial charge in [-0.2, -0.15) is 13.2 Å². The number of hydrogen-bond donors (Lipinski definition) is 2. The number of amides is 1. The molecule has 0 atom stereocenters. The summed E-state index contributed by atoms with van der Waals surface area (Å²) in [7, 11) is 1.58. The van der Waals surface area contributed by atoms with Gasteiger partial charge in [0.1, 0.15) is 5.75 Å². The fraction of sp³-hybridized carbons (Fsp3) is 0.235. The van der Waals surface area contributed by atoms with Gasteiger partial charge in [-0.05, 0) is 48.5 Å². The summed E-state index contributed by atoms with van der Waals surface area (Å²) in [5.41, 5.74) is 0.428. The van der Waals surface area contributed by atoms with Crippen LogP contribution in [-0.4, -0.2) is 19.6 Å². The largest absolute Gasteiger partial charge is 0.497 e. The van der Waals surface area contributed by atoms with Crippen molar-refractivity contribution in [3.05, 3.63) is 54.1 Å². The van der Waals surface area contributed by atoms with Crippen LogP contribution in [0.2, 0.25) is 0 Å². The lowest BCUT2D eigenvalue weighted by atomic mass is 10.2. The summed E-state index contributed by atoms with van der Waals surface area (Å²) in [4.78, 5) is 11.8. The fourth-order valence-corrected chi connectivity index (χ4v) is 2.00. The zero-order valence-electron chi connectivity index (χ0n) is 13.0. The summed E-state index contributed by atoms with van der Waals surface area (Å²) in [6.45, 7) is 0.402. The van der Waals surface area contributed by atoms with E-state index >= 15 is 0 Å². The first kappa shape index (κ1) is 17.7. The number of rotatable bonds is 6. The average Bonchev–Trinajstić information content (AvgIpc) is 2.55. The molecule has 0 aliphatic rings. The summed E-state index contributed by atoms with van der Waals surface area (Å²) in [5, 5.41) is 5.64. The number of ether oxygens (including phenoxy) is 1. The topological polar surface area (TPSA) is 50.4 Å². The zero-order chi connectivity index (χ0) is 17.6. The molecule has 0 radical (unpaired) electrons. The number of methoxy groups -OCH3 is 1. The van der Waals surface area contributed by atoms with E-state index < -0.39 is 11.7 Å². The second kappa shape index (κ2) is 7.72. The smallest absolute Gasteiger partial charge is 0.416 e. The van der Waals surface area contributed by atoms with Gasteiger partial charge in [-0.15, -0.1) is 0 Å². The minimum absolute atomic E-state index is 0.188. The summed E-state index contributed by atoms with van der Waals surface area (Å²) < 4.78 is 42.4. The zero-order valence-corrected chi connectivity index (χ0v) is 13.0. The predicted molar refractivity (Wildman–Crippen MR) is 86.2 cm³/mol. The van der Waals surface area contributed by atoms with Crippen LogP contribution in [0, 0.1) is 0 Å². The highest BCUT2D eigenvalue weighted by atomic mass is 19.4. The molecule has 0 saturated heterocycles. The predicted octanol–water partition coefficient (Wildman–Crippen LogP) is 4.15. The third-order valence-electron chi connectivity index (χ3n) is 3.27. The number of nitrogens with one attached hydrogen (secondary N) is 2. The second-order valence-electron chi connectivity index (χ2n) is 5.03. The van der Waals surface area contributed by atoms with E-state index in [1.54, 1.807) is 19.2 Å². The van der Waals surface area contributed by atoms with Crippen LogP contribution in [0.5, 0.6) is 5.75 Å². The Morgan fingerprint density at radius 2 is 1.58 bits per heavy atom. The van der Waals surface area contributed by atoms with Crippen molar-refractivity contribution in [2.45, 2.75) is 12.6 Å². The van der Waals surface area contributed by atoms with Crippen molar-refractivity contribution in [2.24, 2.45) is 0 Å². The van der Waals surface area contributed by atoms with E-state index in [2.05, 4.69) is 10.6 Å². The van der Waals surface area contributed by atoms with E-state index in [1.807, 2.05) is 12.1 Å². The molecular formula is C17H17F3N2O2. The van der Waals surface area contributed by atoms with Crippen molar-refractivity contribution in [1.29, 1.82) is 0 Å². The Bertz CT molecular complexity index is 668. The molecule has 0 aromatic heterocycles. The molecule has 0 bridgehead atoms. The van der Waals surface area contributed by atoms with E-state index in [4.69, 9.17) is 4.74 Å². The molecule has 2 aromatic carbocycles. The fourth-order valence-electron chi connectivity index (χ4n) is 2.00. The van der Waals surface area contributed by atoms with Crippen molar-refractivity contribution < 1.29 is 22.7 Å². The van der Waals surface area contributed by atoms with Gasteiger partial charge in [0.15, 0.2) is 0 Å². The number of carbonyl (C=O) groups is 1. The Hall–Kier alpha value is -2.70. The van der Waals surface area contributed by atoms with Crippen LogP contribution >= 0.6 is 0 Å². The lowest BCUT2D eigenvalue weighted by Crippen LogP contribution is -2.16. The molecule has 128 valence electrons. The van der Waals surface area contributed by atoms with E-state index in [0.29, 0.717) is 12.2 Å². The van der Waals surface area contributed by atoms with Crippen LogP contribution in [0.25, 0.3) is 0 Å². The molecule has 7 heteroatoms. The molecule has 2 aromatic rings. The van der Waals surface area contributed by atoms with Gasteiger partial charge in [-0.1, -0.05) is 0 Å². The Balaban J connectivity index is 1.78. The molecule has 4 nitrogen and oxygen atoms in total. The van der Waals surface area contributed by atoms with Gasteiger partial charge in [0.25, 0.3) is 0 Å². The van der Waals surface area contributed by atoms with Crippen LogP contribution in [0.4, 0.5) is 24.5 Å². The van der Waals surface area contributed by atoms with Crippen LogP contribution in [0.1, 0.15) is 12.0 Å². The van der Waals surface area contributed by atoms with Crippen LogP contribution in [0.3, 0.4) is 0 Å². The van der Waals surface area contributed by atoms with Crippen LogP contribution in [0.15, 0.2) is 48.5 Å². The van der Waals surface area contributed by atoms with E-state index in [-0.39, 0.29) is 12.3 Å². The van der Waals surface area contributed by atoms with Gasteiger partial charge in [0.05, 0.1) is 12.7 Å². The standard InChI is InChI=1S/C17H17F3N2O2/c1-24-15-8-6-13(7-9-15)21-11-10-16(23)22-14-4-2-12(3-5-14)17(18,19)20/h2-9,21H,10-11H2,1H3,(H,22,23). The molecule has 24 heavy (non-hydrogen) atoms. The highest BCUT2D eigenvalue weighted by Crippen LogP contribution is 2.29. The second-order valence-corrected chi connectivity index (χ2v) is 5.03. The minimum atomic E-state index is -4.38. The first-order valence-corrected chi connectivity index (χ1v) is 7.23. The SMILES string of the molecule is COc1ccc(NCCC(=O)Nc2ccc(C(F)(F)F)cc2)cc1. The molecule has 0 spiro atoms. The van der Waals surface area contributed by atoms with Gasteiger partial charge < -0.3 is 15.4 Å². The third kappa shape index (κ3) is 5.19. The first-order valence-electron chi connectivity index (χ1n) is 7.23. The van der Waals surface area contributed by atoms with Crippen molar-refractivity contribution >= 4 is 17.3 Å². The van der Waals surface area contributed by atoms with Gasteiger partial charge in [0.2, 0.25) is 5.91 Å². The van der Waals surface area contributed by atoms with E-state index in [0.717, 1.165) is 23.6 Å². The first-order chi connectivity index (χ1) is 11.4. The van der Waals surface area contributed by atoms with Crippen molar-refractivity contribution in [3.8, 4) is 5.75 Å². The third-order valence-corrected chi connectivity index (χ3v) is 3.27. The summed E-state index contributed by atoms with van der Waals surface area (Å²) in [6.07, 6.45) is -4.20. The number of anilines is 2. The number of hydrogen-bond acceptors (Lipinski definition) is 3. The van der Waals surface area contributed by atoms with Crippen LogP contribution < -0.4 is 15.4 Å². The normalized spacial score (nSPS) is 11.0. The molecule has 0 fully saturated rings. The maximum Gasteiger partial charge on any atom is 0.416 e. The Morgan fingerprint density at radius 1 is 1.00 bits per heavy atom. The average molecular weight is 338 g/mol. The summed E-state index contributed by atoms with van der Waals surface area (Å²) in [5.74, 6) is 0.455. The van der Waals surface area contributed by atoms with Crippen molar-refractivity contribution in [3.63, 3.8) is 0 Å². The Morgan fingerprint density at radius 3 is 2.12 bits per heavy atom. The van der Waals surface area contributed by atoms with Gasteiger partial charge in [-0.3, -0.25) is 4.79 Å². The number of alkyl halides is 3. The molecule has 2 rings (SSSR count). The van der Waals surface area contributed by atoms with Gasteiger partial charge in [0, 0.05) is 24.3 Å². The Labute approximate surface area is 137 Å². The van der Waals surface area contributed by atoms with Crippen molar-refractivity contribution in [2.75, 3.05) is 24.3 Å². The summed E-state index contributed by atoms with van der Waals surface area (Å²) >= 11 is 0. The molecule has 0 aliphatic heterocycles. The van der Waals surface area contributed by atoms with Crippen LogP contribution in [-0.2, 0) is 11.0 Å². The van der Waals surface area contributed by atoms with Gasteiger partial charge >= 0.3 is 6.18 Å². The maximum atomic E-state index is 12.5. The number of carbonyl (C=O) groups excluding carboxylic acids is 1. The van der Waals surface area contributed by atoms with E-state index in [1.165, 1.54) is 12.1 Å². The molecule has 0 unspecified atom stereocenters. The van der Waals surface area contributed by atoms with Gasteiger partial charge in [-0.25, -0.2) is 0 Å². The molecule has 1 amide bonds. The highest BCUT2D eigenvalue weighted by molar-refractivity contribution is 5.91. The molecule has 2 N–H and O–H groups in total. The quantitative estimate of drug-likeness (QED) is 0.832. The number of benzene rings is 2. The minimum Gasteiger partial charge on any atom is -0.497 e. The lowest BCUT2D eigenvalue weighted by molar-refractivity contribution is -0.137.